The predicted molar refractivity (Wildman–Crippen MR) is 115 cm³/mol. The Bertz CT molecular complexity index is 673. The van der Waals surface area contributed by atoms with Crippen molar-refractivity contribution in [2.75, 3.05) is 0 Å². The Kier molecular flexibility index (Phi) is 10.2. The van der Waals surface area contributed by atoms with E-state index in [1.807, 2.05) is 24.3 Å². The van der Waals surface area contributed by atoms with Crippen LogP contribution in [0.2, 0.25) is 8.67 Å². The van der Waals surface area contributed by atoms with Crippen molar-refractivity contribution in [3.05, 3.63) is 44.6 Å². The van der Waals surface area contributed by atoms with Gasteiger partial charge >= 0.3 is 0 Å². The van der Waals surface area contributed by atoms with E-state index in [9.17, 15) is 20.1 Å². The molecule has 156 valence electrons. The molecule has 0 spiro atoms. The van der Waals surface area contributed by atoms with E-state index in [1.165, 1.54) is 11.3 Å². The predicted octanol–water partition coefficient (Wildman–Crippen LogP) is 4.58. The first-order valence-corrected chi connectivity index (χ1v) is 11.2. The van der Waals surface area contributed by atoms with Crippen LogP contribution in [0.25, 0.3) is 0 Å². The van der Waals surface area contributed by atoms with Gasteiger partial charge in [-0.25, -0.2) is 0 Å². The van der Waals surface area contributed by atoms with Crippen LogP contribution < -0.4 is 0 Å². The van der Waals surface area contributed by atoms with Gasteiger partial charge in [-0.3, -0.25) is 0 Å². The molecule has 0 saturated heterocycles. The second-order valence-corrected chi connectivity index (χ2v) is 9.54. The largest absolute Gasteiger partial charge is 0.393 e. The molecule has 2 rings (SSSR count). The summed E-state index contributed by atoms with van der Waals surface area (Å²) in [4.78, 5) is 10.3. The molecule has 1 aromatic heterocycles. The van der Waals surface area contributed by atoms with Gasteiger partial charge in [0.1, 0.15) is 6.29 Å². The molecule has 28 heavy (non-hydrogen) atoms. The lowest BCUT2D eigenvalue weighted by molar-refractivity contribution is -0.107. The molecule has 0 bridgehead atoms. The minimum Gasteiger partial charge on any atom is -0.393 e. The first-order chi connectivity index (χ1) is 13.4. The summed E-state index contributed by atoms with van der Waals surface area (Å²) in [5, 5.41) is 30.8. The summed E-state index contributed by atoms with van der Waals surface area (Å²) in [6.45, 7) is 0. The van der Waals surface area contributed by atoms with Gasteiger partial charge in [0.25, 0.3) is 0 Å². The Labute approximate surface area is 180 Å². The van der Waals surface area contributed by atoms with Crippen LogP contribution in [0, 0.1) is 11.8 Å². The van der Waals surface area contributed by atoms with Crippen molar-refractivity contribution in [1.29, 1.82) is 0 Å². The van der Waals surface area contributed by atoms with E-state index >= 15 is 0 Å². The number of aliphatic hydroxyl groups is 3. The zero-order chi connectivity index (χ0) is 20.5. The standard InChI is InChI=1S/C21H28Cl2O4S/c22-20-12-14(21(23)28-20)7-8-15(25)9-10-17-16(18(26)13-19(17)27)6-4-2-1-3-5-11-24/h2,4,9-12,15-19,25-27H,1,3,5-8,13H2/b4-2-,10-9+. The molecule has 5 atom stereocenters. The molecular formula is C21H28Cl2O4S. The van der Waals surface area contributed by atoms with Crippen LogP contribution in [0.1, 0.15) is 44.1 Å². The Morgan fingerprint density at radius 2 is 2.00 bits per heavy atom. The summed E-state index contributed by atoms with van der Waals surface area (Å²) < 4.78 is 1.28. The molecule has 0 aromatic carbocycles. The SMILES string of the molecule is O=CCCC/C=C\CC1C(O)CC(O)C1/C=C/C(O)CCc1cc(Cl)sc1Cl. The molecule has 4 nitrogen and oxygen atoms in total. The summed E-state index contributed by atoms with van der Waals surface area (Å²) in [7, 11) is 0. The van der Waals surface area contributed by atoms with E-state index in [-0.39, 0.29) is 11.8 Å². The number of rotatable bonds is 11. The lowest BCUT2D eigenvalue weighted by Crippen LogP contribution is -2.20. The van der Waals surface area contributed by atoms with Gasteiger partial charge in [0.05, 0.1) is 27.0 Å². The summed E-state index contributed by atoms with van der Waals surface area (Å²) in [6, 6.07) is 1.82. The van der Waals surface area contributed by atoms with E-state index in [1.54, 1.807) is 6.08 Å². The number of unbranched alkanes of at least 4 members (excludes halogenated alkanes) is 2. The smallest absolute Gasteiger partial charge is 0.120 e. The quantitative estimate of drug-likeness (QED) is 0.264. The van der Waals surface area contributed by atoms with Gasteiger partial charge in [0.2, 0.25) is 0 Å². The normalized spacial score (nSPS) is 26.5. The molecule has 1 aromatic rings. The number of hydrogen-bond acceptors (Lipinski definition) is 5. The molecule has 0 amide bonds. The van der Waals surface area contributed by atoms with Crippen LogP contribution in [0.3, 0.4) is 0 Å². The maximum absolute atomic E-state index is 10.3. The van der Waals surface area contributed by atoms with Gasteiger partial charge in [-0.1, -0.05) is 47.5 Å². The molecule has 3 N–H and O–H groups in total. The van der Waals surface area contributed by atoms with Crippen molar-refractivity contribution in [3.63, 3.8) is 0 Å². The van der Waals surface area contributed by atoms with Crippen LogP contribution in [0.5, 0.6) is 0 Å². The fraction of sp³-hybridized carbons (Fsp3) is 0.571. The summed E-state index contributed by atoms with van der Waals surface area (Å²) >= 11 is 13.4. The average Bonchev–Trinajstić information content (AvgIpc) is 3.11. The van der Waals surface area contributed by atoms with Crippen LogP contribution in [0.15, 0.2) is 30.4 Å². The summed E-state index contributed by atoms with van der Waals surface area (Å²) in [5.74, 6) is -0.269. The molecular weight excluding hydrogens is 419 g/mol. The topological polar surface area (TPSA) is 77.8 Å². The van der Waals surface area contributed by atoms with Crippen molar-refractivity contribution < 1.29 is 20.1 Å². The van der Waals surface area contributed by atoms with Gasteiger partial charge in [0, 0.05) is 18.8 Å². The zero-order valence-corrected chi connectivity index (χ0v) is 18.0. The Morgan fingerprint density at radius 3 is 2.68 bits per heavy atom. The lowest BCUT2D eigenvalue weighted by atomic mass is 9.89. The van der Waals surface area contributed by atoms with Crippen molar-refractivity contribution in [1.82, 2.24) is 0 Å². The molecule has 0 radical (unpaired) electrons. The number of allylic oxidation sites excluding steroid dienone is 2. The van der Waals surface area contributed by atoms with Crippen molar-refractivity contribution in [2.45, 2.75) is 63.3 Å². The molecule has 1 saturated carbocycles. The summed E-state index contributed by atoms with van der Waals surface area (Å²) in [5.41, 5.74) is 0.929. The monoisotopic (exact) mass is 446 g/mol. The fourth-order valence-corrected chi connectivity index (χ4v) is 5.14. The second-order valence-electron chi connectivity index (χ2n) is 7.26. The lowest BCUT2D eigenvalue weighted by Gasteiger charge is -2.19. The van der Waals surface area contributed by atoms with Gasteiger partial charge in [0.15, 0.2) is 0 Å². The van der Waals surface area contributed by atoms with E-state index in [2.05, 4.69) is 0 Å². The average molecular weight is 447 g/mol. The highest BCUT2D eigenvalue weighted by Crippen LogP contribution is 2.36. The van der Waals surface area contributed by atoms with Gasteiger partial charge in [-0.2, -0.15) is 0 Å². The molecule has 1 aliphatic rings. The number of aldehydes is 1. The summed E-state index contributed by atoms with van der Waals surface area (Å²) in [6.07, 6.45) is 11.0. The minimum atomic E-state index is -0.654. The number of aryl methyl sites for hydroxylation is 1. The molecule has 1 fully saturated rings. The number of halogens is 2. The van der Waals surface area contributed by atoms with E-state index < -0.39 is 18.3 Å². The van der Waals surface area contributed by atoms with Gasteiger partial charge in [-0.05, 0) is 49.7 Å². The van der Waals surface area contributed by atoms with E-state index in [4.69, 9.17) is 23.2 Å². The third-order valence-corrected chi connectivity index (χ3v) is 6.74. The van der Waals surface area contributed by atoms with Crippen LogP contribution >= 0.6 is 34.5 Å². The zero-order valence-electron chi connectivity index (χ0n) is 15.7. The molecule has 7 heteroatoms. The van der Waals surface area contributed by atoms with Crippen LogP contribution in [0.4, 0.5) is 0 Å². The number of aliphatic hydroxyl groups excluding tert-OH is 3. The Hall–Kier alpha value is -0.690. The van der Waals surface area contributed by atoms with Crippen molar-refractivity contribution in [2.24, 2.45) is 11.8 Å². The highest BCUT2D eigenvalue weighted by atomic mass is 35.5. The number of thiophene rings is 1. The first-order valence-electron chi connectivity index (χ1n) is 9.67. The number of carbonyl (C=O) groups is 1. The molecule has 1 aliphatic carbocycles. The highest BCUT2D eigenvalue weighted by molar-refractivity contribution is 7.20. The third-order valence-electron chi connectivity index (χ3n) is 5.18. The number of carbonyl (C=O) groups excluding carboxylic acids is 1. The maximum Gasteiger partial charge on any atom is 0.120 e. The third kappa shape index (κ3) is 7.29. The van der Waals surface area contributed by atoms with Crippen molar-refractivity contribution >= 4 is 40.8 Å². The second kappa shape index (κ2) is 12.1. The molecule has 1 heterocycles. The number of hydrogen-bond donors (Lipinski definition) is 3. The Balaban J connectivity index is 1.85. The van der Waals surface area contributed by atoms with Crippen LogP contribution in [-0.2, 0) is 11.2 Å². The Morgan fingerprint density at radius 1 is 1.21 bits per heavy atom. The van der Waals surface area contributed by atoms with E-state index in [0.717, 1.165) is 24.7 Å². The molecule has 5 unspecified atom stereocenters. The minimum absolute atomic E-state index is 0.0779. The molecule has 0 aliphatic heterocycles. The van der Waals surface area contributed by atoms with Gasteiger partial charge < -0.3 is 20.1 Å². The first kappa shape index (κ1) is 23.6. The highest BCUT2D eigenvalue weighted by Gasteiger charge is 2.39. The fourth-order valence-electron chi connectivity index (χ4n) is 3.60. The van der Waals surface area contributed by atoms with Crippen LogP contribution in [-0.4, -0.2) is 39.9 Å². The van der Waals surface area contributed by atoms with E-state index in [0.29, 0.717) is 40.8 Å². The maximum atomic E-state index is 10.3. The van der Waals surface area contributed by atoms with Crippen molar-refractivity contribution in [3.8, 4) is 0 Å². The van der Waals surface area contributed by atoms with Gasteiger partial charge in [-0.15, -0.1) is 11.3 Å².